The van der Waals surface area contributed by atoms with Crippen LogP contribution in [0, 0.1) is 0 Å². The van der Waals surface area contributed by atoms with Crippen LogP contribution in [0.4, 0.5) is 0 Å². The molecule has 0 unspecified atom stereocenters. The fraction of sp³-hybridized carbons (Fsp3) is 0.818. The Balaban J connectivity index is 2.34. The van der Waals surface area contributed by atoms with Crippen LogP contribution in [0.3, 0.4) is 0 Å². The van der Waals surface area contributed by atoms with E-state index in [9.17, 15) is 9.59 Å². The molecule has 1 heterocycles. The zero-order valence-corrected chi connectivity index (χ0v) is 9.99. The minimum Gasteiger partial charge on any atom is -0.469 e. The largest absolute Gasteiger partial charge is 0.469 e. The number of carbonyl (C=O) groups excluding carboxylic acids is 2. The van der Waals surface area contributed by atoms with E-state index in [1.807, 2.05) is 13.8 Å². The molecule has 1 rings (SSSR count). The van der Waals surface area contributed by atoms with Gasteiger partial charge in [-0.15, -0.1) is 0 Å². The van der Waals surface area contributed by atoms with Gasteiger partial charge in [0.1, 0.15) is 6.04 Å². The van der Waals surface area contributed by atoms with Gasteiger partial charge >= 0.3 is 11.9 Å². The van der Waals surface area contributed by atoms with Crippen molar-refractivity contribution in [3.8, 4) is 0 Å². The average molecular weight is 229 g/mol. The summed E-state index contributed by atoms with van der Waals surface area (Å²) in [5.74, 6) is -0.488. The molecular formula is C11H19NO4. The summed E-state index contributed by atoms with van der Waals surface area (Å²) in [6.07, 6.45) is 1.72. The Morgan fingerprint density at radius 3 is 2.62 bits per heavy atom. The number of hydrogen-bond acceptors (Lipinski definition) is 5. The van der Waals surface area contributed by atoms with Crippen LogP contribution in [0.2, 0.25) is 0 Å². The van der Waals surface area contributed by atoms with Gasteiger partial charge in [0.2, 0.25) is 0 Å². The first-order valence-electron chi connectivity index (χ1n) is 5.56. The molecule has 1 N–H and O–H groups in total. The Hall–Kier alpha value is -1.10. The zero-order chi connectivity index (χ0) is 12.1. The topological polar surface area (TPSA) is 64.6 Å². The Kier molecular flexibility index (Phi) is 4.73. The van der Waals surface area contributed by atoms with E-state index in [2.05, 4.69) is 10.1 Å². The van der Waals surface area contributed by atoms with Crippen LogP contribution in [0.5, 0.6) is 0 Å². The van der Waals surface area contributed by atoms with Crippen LogP contribution in [0.1, 0.15) is 33.1 Å². The van der Waals surface area contributed by atoms with Crippen LogP contribution in [-0.4, -0.2) is 37.2 Å². The zero-order valence-electron chi connectivity index (χ0n) is 9.99. The van der Waals surface area contributed by atoms with Crippen molar-refractivity contribution in [2.24, 2.45) is 0 Å². The summed E-state index contributed by atoms with van der Waals surface area (Å²) in [6.45, 7) is 3.64. The minimum atomic E-state index is -0.281. The number of hydrogen-bond donors (Lipinski definition) is 1. The van der Waals surface area contributed by atoms with Crippen molar-refractivity contribution in [2.45, 2.75) is 51.3 Å². The summed E-state index contributed by atoms with van der Waals surface area (Å²) < 4.78 is 9.67. The van der Waals surface area contributed by atoms with Crippen LogP contribution in [-0.2, 0) is 19.1 Å². The Morgan fingerprint density at radius 2 is 2.06 bits per heavy atom. The van der Waals surface area contributed by atoms with E-state index in [0.717, 1.165) is 6.42 Å². The van der Waals surface area contributed by atoms with Gasteiger partial charge in [-0.05, 0) is 26.7 Å². The lowest BCUT2D eigenvalue weighted by Gasteiger charge is -2.14. The third-order valence-corrected chi connectivity index (χ3v) is 2.52. The second kappa shape index (κ2) is 5.84. The van der Waals surface area contributed by atoms with E-state index >= 15 is 0 Å². The van der Waals surface area contributed by atoms with Crippen LogP contribution in [0.25, 0.3) is 0 Å². The Morgan fingerprint density at radius 1 is 1.38 bits per heavy atom. The molecule has 0 radical (unpaired) electrons. The highest BCUT2D eigenvalue weighted by atomic mass is 16.5. The molecule has 0 aromatic carbocycles. The molecule has 5 heteroatoms. The van der Waals surface area contributed by atoms with Crippen LogP contribution >= 0.6 is 0 Å². The molecule has 2 atom stereocenters. The molecule has 1 aliphatic heterocycles. The maximum atomic E-state index is 11.6. The SMILES string of the molecule is COC(=O)C[C@H]1CC[C@@H](C(=O)OC(C)C)N1. The van der Waals surface area contributed by atoms with E-state index in [1.165, 1.54) is 7.11 Å². The molecule has 16 heavy (non-hydrogen) atoms. The molecule has 92 valence electrons. The Labute approximate surface area is 95.5 Å². The number of nitrogens with one attached hydrogen (secondary N) is 1. The normalized spacial score (nSPS) is 24.5. The lowest BCUT2D eigenvalue weighted by atomic mass is 10.1. The molecule has 0 aromatic rings. The summed E-state index contributed by atoms with van der Waals surface area (Å²) in [5.41, 5.74) is 0. The van der Waals surface area contributed by atoms with Crippen LogP contribution in [0.15, 0.2) is 0 Å². The quantitative estimate of drug-likeness (QED) is 0.716. The predicted molar refractivity (Wildman–Crippen MR) is 57.8 cm³/mol. The van der Waals surface area contributed by atoms with Gasteiger partial charge in [0.05, 0.1) is 19.6 Å². The lowest BCUT2D eigenvalue weighted by Crippen LogP contribution is -2.38. The van der Waals surface area contributed by atoms with Crippen molar-refractivity contribution in [1.82, 2.24) is 5.32 Å². The molecule has 0 aliphatic carbocycles. The summed E-state index contributed by atoms with van der Waals surface area (Å²) >= 11 is 0. The second-order valence-electron chi connectivity index (χ2n) is 4.26. The Bertz CT molecular complexity index is 265. The summed E-state index contributed by atoms with van der Waals surface area (Å²) in [5, 5.41) is 3.09. The lowest BCUT2D eigenvalue weighted by molar-refractivity contribution is -0.150. The van der Waals surface area contributed by atoms with Crippen molar-refractivity contribution in [3.05, 3.63) is 0 Å². The van der Waals surface area contributed by atoms with Gasteiger partial charge in [0, 0.05) is 6.04 Å². The third kappa shape index (κ3) is 3.81. The fourth-order valence-corrected chi connectivity index (χ4v) is 1.76. The maximum absolute atomic E-state index is 11.6. The minimum absolute atomic E-state index is 0.0252. The predicted octanol–water partition coefficient (Wildman–Crippen LogP) is 0.622. The highest BCUT2D eigenvalue weighted by Crippen LogP contribution is 2.17. The summed E-state index contributed by atoms with van der Waals surface area (Å²) in [4.78, 5) is 22.6. The number of ether oxygens (including phenoxy) is 2. The van der Waals surface area contributed by atoms with Gasteiger partial charge in [-0.3, -0.25) is 9.59 Å². The number of esters is 2. The van der Waals surface area contributed by atoms with Crippen LogP contribution < -0.4 is 5.32 Å². The standard InChI is InChI=1S/C11H19NO4/c1-7(2)16-11(14)9-5-4-8(12-9)6-10(13)15-3/h7-9,12H,4-6H2,1-3H3/t8-,9+/m1/s1. The third-order valence-electron chi connectivity index (χ3n) is 2.52. The van der Waals surface area contributed by atoms with E-state index in [4.69, 9.17) is 4.74 Å². The van der Waals surface area contributed by atoms with Gasteiger partial charge in [-0.2, -0.15) is 0 Å². The highest BCUT2D eigenvalue weighted by molar-refractivity contribution is 5.77. The fourth-order valence-electron chi connectivity index (χ4n) is 1.76. The molecule has 0 bridgehead atoms. The van der Waals surface area contributed by atoms with Crippen molar-refractivity contribution in [2.75, 3.05) is 7.11 Å². The maximum Gasteiger partial charge on any atom is 0.323 e. The molecule has 5 nitrogen and oxygen atoms in total. The van der Waals surface area contributed by atoms with Gasteiger partial charge in [0.15, 0.2) is 0 Å². The number of carbonyl (C=O) groups is 2. The summed E-state index contributed by atoms with van der Waals surface area (Å²) in [6, 6.07) is -0.255. The van der Waals surface area contributed by atoms with Crippen molar-refractivity contribution < 1.29 is 19.1 Å². The molecular weight excluding hydrogens is 210 g/mol. The highest BCUT2D eigenvalue weighted by Gasteiger charge is 2.31. The van der Waals surface area contributed by atoms with Crippen molar-refractivity contribution in [3.63, 3.8) is 0 Å². The van der Waals surface area contributed by atoms with E-state index < -0.39 is 0 Å². The number of rotatable bonds is 4. The van der Waals surface area contributed by atoms with E-state index in [-0.39, 0.29) is 30.1 Å². The van der Waals surface area contributed by atoms with Gasteiger partial charge in [0.25, 0.3) is 0 Å². The van der Waals surface area contributed by atoms with Crippen molar-refractivity contribution in [1.29, 1.82) is 0 Å². The first-order valence-corrected chi connectivity index (χ1v) is 5.56. The second-order valence-corrected chi connectivity index (χ2v) is 4.26. The number of methoxy groups -OCH3 is 1. The average Bonchev–Trinajstić information content (AvgIpc) is 2.65. The molecule has 1 aliphatic rings. The van der Waals surface area contributed by atoms with Gasteiger partial charge < -0.3 is 14.8 Å². The smallest absolute Gasteiger partial charge is 0.323 e. The molecule has 0 amide bonds. The van der Waals surface area contributed by atoms with E-state index in [0.29, 0.717) is 12.8 Å². The molecule has 1 fully saturated rings. The monoisotopic (exact) mass is 229 g/mol. The molecule has 0 aromatic heterocycles. The van der Waals surface area contributed by atoms with E-state index in [1.54, 1.807) is 0 Å². The molecule has 0 spiro atoms. The summed E-state index contributed by atoms with van der Waals surface area (Å²) in [7, 11) is 1.36. The molecule has 0 saturated carbocycles. The first kappa shape index (κ1) is 13.0. The first-order chi connectivity index (χ1) is 7.52. The van der Waals surface area contributed by atoms with Gasteiger partial charge in [-0.1, -0.05) is 0 Å². The van der Waals surface area contributed by atoms with Gasteiger partial charge in [-0.25, -0.2) is 0 Å². The molecule has 1 saturated heterocycles. The van der Waals surface area contributed by atoms with Crippen molar-refractivity contribution >= 4 is 11.9 Å².